The molecule has 3 aromatic rings. The van der Waals surface area contributed by atoms with Crippen LogP contribution in [-0.4, -0.2) is 26.1 Å². The number of hydrogen-bond acceptors (Lipinski definition) is 4. The number of fused-ring (bicyclic) bond motifs is 1. The Labute approximate surface area is 175 Å². The number of benzene rings is 2. The fourth-order valence-corrected chi connectivity index (χ4v) is 5.43. The molecule has 0 N–H and O–H groups in total. The van der Waals surface area contributed by atoms with Crippen molar-refractivity contribution in [3.05, 3.63) is 64.2 Å². The third-order valence-electron chi connectivity index (χ3n) is 5.83. The SMILES string of the molecule is CCc1ccc(S(=O)(=O)c2cn(CC)c3cc(N4CCCC4)c(F)cc3c2=O)cc1. The Balaban J connectivity index is 1.92. The molecule has 0 amide bonds. The second kappa shape index (κ2) is 7.87. The lowest BCUT2D eigenvalue weighted by Gasteiger charge is -2.20. The Bertz CT molecular complexity index is 1260. The van der Waals surface area contributed by atoms with Crippen LogP contribution in [0.3, 0.4) is 0 Å². The van der Waals surface area contributed by atoms with Crippen LogP contribution in [0.15, 0.2) is 57.2 Å². The van der Waals surface area contributed by atoms with Gasteiger partial charge in [0, 0.05) is 25.8 Å². The number of aromatic nitrogens is 1. The monoisotopic (exact) mass is 428 g/mol. The van der Waals surface area contributed by atoms with Crippen molar-refractivity contribution >= 4 is 26.4 Å². The van der Waals surface area contributed by atoms with Crippen LogP contribution in [-0.2, 0) is 22.8 Å². The summed E-state index contributed by atoms with van der Waals surface area (Å²) in [7, 11) is -4.02. The summed E-state index contributed by atoms with van der Waals surface area (Å²) >= 11 is 0. The van der Waals surface area contributed by atoms with Gasteiger partial charge in [0.25, 0.3) is 0 Å². The van der Waals surface area contributed by atoms with E-state index < -0.39 is 21.1 Å². The van der Waals surface area contributed by atoms with E-state index in [0.717, 1.165) is 37.9 Å². The molecule has 1 fully saturated rings. The summed E-state index contributed by atoms with van der Waals surface area (Å²) in [4.78, 5) is 14.9. The normalized spacial score (nSPS) is 14.6. The van der Waals surface area contributed by atoms with Gasteiger partial charge >= 0.3 is 0 Å². The Kier molecular flexibility index (Phi) is 5.40. The van der Waals surface area contributed by atoms with Crippen LogP contribution in [0.4, 0.5) is 10.1 Å². The molecular weight excluding hydrogens is 403 g/mol. The molecule has 4 rings (SSSR count). The van der Waals surface area contributed by atoms with Crippen molar-refractivity contribution < 1.29 is 12.8 Å². The molecule has 0 aliphatic carbocycles. The smallest absolute Gasteiger partial charge is 0.211 e. The summed E-state index contributed by atoms with van der Waals surface area (Å²) in [5.74, 6) is -0.494. The van der Waals surface area contributed by atoms with Gasteiger partial charge in [-0.25, -0.2) is 12.8 Å². The van der Waals surface area contributed by atoms with E-state index in [1.54, 1.807) is 22.8 Å². The molecule has 1 saturated heterocycles. The van der Waals surface area contributed by atoms with Crippen LogP contribution >= 0.6 is 0 Å². The lowest BCUT2D eigenvalue weighted by atomic mass is 10.1. The lowest BCUT2D eigenvalue weighted by Crippen LogP contribution is -2.22. The lowest BCUT2D eigenvalue weighted by molar-refractivity contribution is 0.593. The average Bonchev–Trinajstić information content (AvgIpc) is 3.28. The second-order valence-corrected chi connectivity index (χ2v) is 9.54. The van der Waals surface area contributed by atoms with Gasteiger partial charge in [-0.1, -0.05) is 19.1 Å². The van der Waals surface area contributed by atoms with Crippen LogP contribution in [0.25, 0.3) is 10.9 Å². The molecule has 0 unspecified atom stereocenters. The standard InChI is InChI=1S/C23H25FN2O3S/c1-3-16-7-9-17(10-8-16)30(28,29)22-15-25(4-2)20-14-21(26-11-5-6-12-26)19(24)13-18(20)23(22)27/h7-10,13-15H,3-6,11-12H2,1-2H3. The number of anilines is 1. The molecule has 1 aliphatic heterocycles. The molecule has 0 radical (unpaired) electrons. The summed E-state index contributed by atoms with van der Waals surface area (Å²) < 4.78 is 43.0. The minimum Gasteiger partial charge on any atom is -0.369 e. The van der Waals surface area contributed by atoms with Gasteiger partial charge < -0.3 is 9.47 Å². The van der Waals surface area contributed by atoms with E-state index in [0.29, 0.717) is 17.7 Å². The first-order chi connectivity index (χ1) is 14.4. The fraction of sp³-hybridized carbons (Fsp3) is 0.348. The first kappa shape index (κ1) is 20.6. The van der Waals surface area contributed by atoms with Crippen molar-refractivity contribution in [3.63, 3.8) is 0 Å². The number of sulfone groups is 1. The Hall–Kier alpha value is -2.67. The minimum atomic E-state index is -4.02. The van der Waals surface area contributed by atoms with E-state index in [-0.39, 0.29) is 15.2 Å². The van der Waals surface area contributed by atoms with E-state index in [1.807, 2.05) is 18.7 Å². The molecule has 158 valence electrons. The van der Waals surface area contributed by atoms with E-state index in [1.165, 1.54) is 24.4 Å². The zero-order chi connectivity index (χ0) is 21.5. The molecule has 5 nitrogen and oxygen atoms in total. The van der Waals surface area contributed by atoms with Gasteiger partial charge in [0.2, 0.25) is 15.3 Å². The van der Waals surface area contributed by atoms with Gasteiger partial charge in [-0.05, 0) is 56.0 Å². The quantitative estimate of drug-likeness (QED) is 0.612. The molecule has 0 spiro atoms. The van der Waals surface area contributed by atoms with Crippen molar-refractivity contribution in [2.24, 2.45) is 0 Å². The van der Waals surface area contributed by atoms with Crippen molar-refractivity contribution in [1.82, 2.24) is 4.57 Å². The molecule has 30 heavy (non-hydrogen) atoms. The summed E-state index contributed by atoms with van der Waals surface area (Å²) in [5, 5.41) is 0.0866. The summed E-state index contributed by atoms with van der Waals surface area (Å²) in [6, 6.07) is 9.39. The number of aryl methyl sites for hydroxylation is 2. The Morgan fingerprint density at radius 1 is 1.03 bits per heavy atom. The number of nitrogens with zero attached hydrogens (tertiary/aromatic N) is 2. The van der Waals surface area contributed by atoms with Crippen LogP contribution in [0.2, 0.25) is 0 Å². The number of rotatable bonds is 5. The van der Waals surface area contributed by atoms with Crippen LogP contribution in [0.1, 0.15) is 32.3 Å². The largest absolute Gasteiger partial charge is 0.369 e. The highest BCUT2D eigenvalue weighted by Crippen LogP contribution is 2.29. The van der Waals surface area contributed by atoms with E-state index in [9.17, 15) is 17.6 Å². The molecule has 0 saturated carbocycles. The summed E-state index contributed by atoms with van der Waals surface area (Å²) in [6.45, 7) is 5.87. The van der Waals surface area contributed by atoms with Crippen LogP contribution in [0, 0.1) is 5.82 Å². The van der Waals surface area contributed by atoms with Gasteiger partial charge in [-0.15, -0.1) is 0 Å². The molecule has 2 heterocycles. The number of hydrogen-bond donors (Lipinski definition) is 0. The number of pyridine rings is 1. The third kappa shape index (κ3) is 3.41. The first-order valence-corrected chi connectivity index (χ1v) is 11.8. The zero-order valence-corrected chi connectivity index (χ0v) is 18.0. The number of halogens is 1. The zero-order valence-electron chi connectivity index (χ0n) is 17.2. The third-order valence-corrected chi connectivity index (χ3v) is 7.60. The molecule has 0 bridgehead atoms. The highest BCUT2D eigenvalue weighted by atomic mass is 32.2. The molecule has 1 aliphatic rings. The van der Waals surface area contributed by atoms with E-state index in [4.69, 9.17) is 0 Å². The predicted octanol–water partition coefficient (Wildman–Crippen LogP) is 4.16. The van der Waals surface area contributed by atoms with Crippen molar-refractivity contribution in [1.29, 1.82) is 0 Å². The van der Waals surface area contributed by atoms with Crippen molar-refractivity contribution in [3.8, 4) is 0 Å². The van der Waals surface area contributed by atoms with E-state index >= 15 is 0 Å². The minimum absolute atomic E-state index is 0.0629. The highest BCUT2D eigenvalue weighted by Gasteiger charge is 2.25. The van der Waals surface area contributed by atoms with Crippen LogP contribution < -0.4 is 10.3 Å². The predicted molar refractivity (Wildman–Crippen MR) is 117 cm³/mol. The molecule has 7 heteroatoms. The topological polar surface area (TPSA) is 59.4 Å². The van der Waals surface area contributed by atoms with Gasteiger partial charge in [0.15, 0.2) is 0 Å². The fourth-order valence-electron chi connectivity index (χ4n) is 4.06. The average molecular weight is 429 g/mol. The molecule has 2 aromatic carbocycles. The molecule has 0 atom stereocenters. The van der Waals surface area contributed by atoms with Gasteiger partial charge in [-0.3, -0.25) is 4.79 Å². The molecule has 1 aromatic heterocycles. The van der Waals surface area contributed by atoms with Crippen molar-refractivity contribution in [2.75, 3.05) is 18.0 Å². The summed E-state index contributed by atoms with van der Waals surface area (Å²) in [6.07, 6.45) is 4.19. The maximum Gasteiger partial charge on any atom is 0.211 e. The Morgan fingerprint density at radius 3 is 2.30 bits per heavy atom. The summed E-state index contributed by atoms with van der Waals surface area (Å²) in [5.41, 5.74) is 1.36. The first-order valence-electron chi connectivity index (χ1n) is 10.3. The second-order valence-electron chi connectivity index (χ2n) is 7.62. The van der Waals surface area contributed by atoms with Crippen LogP contribution in [0.5, 0.6) is 0 Å². The van der Waals surface area contributed by atoms with Gasteiger partial charge in [0.1, 0.15) is 10.7 Å². The van der Waals surface area contributed by atoms with E-state index in [2.05, 4.69) is 0 Å². The van der Waals surface area contributed by atoms with Gasteiger partial charge in [0.05, 0.1) is 21.5 Å². The maximum atomic E-state index is 14.9. The maximum absolute atomic E-state index is 14.9. The highest BCUT2D eigenvalue weighted by molar-refractivity contribution is 7.91. The Morgan fingerprint density at radius 2 is 1.70 bits per heavy atom. The molecular formula is C23H25FN2O3S. The van der Waals surface area contributed by atoms with Gasteiger partial charge in [-0.2, -0.15) is 0 Å². The van der Waals surface area contributed by atoms with Crippen molar-refractivity contribution in [2.45, 2.75) is 49.4 Å².